The molecule has 0 aromatic rings. The zero-order valence-corrected chi connectivity index (χ0v) is 9.47. The second kappa shape index (κ2) is 5.06. The van der Waals surface area contributed by atoms with E-state index < -0.39 is 5.92 Å². The van der Waals surface area contributed by atoms with Crippen LogP contribution in [-0.2, 0) is 9.59 Å². The lowest BCUT2D eigenvalue weighted by Crippen LogP contribution is -2.43. The quantitative estimate of drug-likeness (QED) is 0.611. The van der Waals surface area contributed by atoms with Gasteiger partial charge < -0.3 is 16.0 Å². The first-order chi connectivity index (χ1) is 7.02. The molecule has 1 fully saturated rings. The van der Waals surface area contributed by atoms with E-state index in [1.807, 2.05) is 0 Å². The van der Waals surface area contributed by atoms with Gasteiger partial charge in [-0.1, -0.05) is 12.2 Å². The first kappa shape index (κ1) is 11.9. The fourth-order valence-corrected chi connectivity index (χ4v) is 1.49. The molecule has 6 heteroatoms. The number of nitrogens with zero attached hydrogens (tertiary/aromatic N) is 1. The zero-order chi connectivity index (χ0) is 11.4. The standard InChI is InChI=1S/C9H15N3O2S/c1-6(8(10)15)9(14)12-4-2-3-11-7(13)5-12/h6H,2-5H2,1H3,(H2,10,15)(H,11,13). The molecule has 1 atom stereocenters. The van der Waals surface area contributed by atoms with Gasteiger partial charge in [0.2, 0.25) is 11.8 Å². The van der Waals surface area contributed by atoms with Crippen LogP contribution in [0, 0.1) is 5.92 Å². The average Bonchev–Trinajstić information content (AvgIpc) is 2.40. The van der Waals surface area contributed by atoms with Gasteiger partial charge in [-0.3, -0.25) is 9.59 Å². The molecular formula is C9H15N3O2S. The van der Waals surface area contributed by atoms with Crippen LogP contribution in [0.15, 0.2) is 0 Å². The van der Waals surface area contributed by atoms with Crippen LogP contribution in [0.2, 0.25) is 0 Å². The molecule has 1 unspecified atom stereocenters. The van der Waals surface area contributed by atoms with Crippen LogP contribution in [0.1, 0.15) is 13.3 Å². The van der Waals surface area contributed by atoms with E-state index in [4.69, 9.17) is 18.0 Å². The third-order valence-corrected chi connectivity index (χ3v) is 2.72. The third-order valence-electron chi connectivity index (χ3n) is 2.37. The van der Waals surface area contributed by atoms with E-state index in [2.05, 4.69) is 5.32 Å². The fourth-order valence-electron chi connectivity index (χ4n) is 1.39. The van der Waals surface area contributed by atoms with E-state index in [9.17, 15) is 9.59 Å². The predicted octanol–water partition coefficient (Wildman–Crippen LogP) is -0.743. The number of nitrogens with one attached hydrogen (secondary N) is 1. The molecule has 1 rings (SSSR count). The van der Waals surface area contributed by atoms with Gasteiger partial charge in [0.05, 0.1) is 17.5 Å². The highest BCUT2D eigenvalue weighted by molar-refractivity contribution is 7.80. The number of nitrogens with two attached hydrogens (primary N) is 1. The summed E-state index contributed by atoms with van der Waals surface area (Å²) in [4.78, 5) is 24.7. The normalized spacial score (nSPS) is 19.0. The second-order valence-corrected chi connectivity index (χ2v) is 4.06. The summed E-state index contributed by atoms with van der Waals surface area (Å²) in [7, 11) is 0. The van der Waals surface area contributed by atoms with Crippen molar-refractivity contribution in [1.82, 2.24) is 10.2 Å². The van der Waals surface area contributed by atoms with Crippen LogP contribution < -0.4 is 11.1 Å². The van der Waals surface area contributed by atoms with E-state index in [0.717, 1.165) is 6.42 Å². The molecule has 1 aliphatic heterocycles. The summed E-state index contributed by atoms with van der Waals surface area (Å²) < 4.78 is 0. The molecule has 15 heavy (non-hydrogen) atoms. The largest absolute Gasteiger partial charge is 0.393 e. The fraction of sp³-hybridized carbons (Fsp3) is 0.667. The van der Waals surface area contributed by atoms with Gasteiger partial charge in [-0.05, 0) is 13.3 Å². The van der Waals surface area contributed by atoms with Crippen molar-refractivity contribution < 1.29 is 9.59 Å². The lowest BCUT2D eigenvalue weighted by atomic mass is 10.1. The Balaban J connectivity index is 2.65. The van der Waals surface area contributed by atoms with Crippen molar-refractivity contribution in [3.63, 3.8) is 0 Å². The lowest BCUT2D eigenvalue weighted by Gasteiger charge is -2.22. The van der Waals surface area contributed by atoms with Crippen molar-refractivity contribution in [2.75, 3.05) is 19.6 Å². The molecule has 1 heterocycles. The van der Waals surface area contributed by atoms with E-state index in [1.165, 1.54) is 4.90 Å². The molecule has 84 valence electrons. The molecular weight excluding hydrogens is 214 g/mol. The minimum absolute atomic E-state index is 0.103. The predicted molar refractivity (Wildman–Crippen MR) is 60.2 cm³/mol. The molecule has 1 saturated heterocycles. The van der Waals surface area contributed by atoms with Crippen molar-refractivity contribution >= 4 is 29.0 Å². The van der Waals surface area contributed by atoms with Crippen LogP contribution in [0.5, 0.6) is 0 Å². The Hall–Kier alpha value is -1.17. The SMILES string of the molecule is CC(C(=O)N1CCCNC(=O)C1)C(N)=S. The third kappa shape index (κ3) is 3.16. The summed E-state index contributed by atoms with van der Waals surface area (Å²) in [6.07, 6.45) is 0.765. The topological polar surface area (TPSA) is 75.4 Å². The van der Waals surface area contributed by atoms with Crippen LogP contribution in [0.3, 0.4) is 0 Å². The van der Waals surface area contributed by atoms with Gasteiger partial charge in [0.15, 0.2) is 0 Å². The summed E-state index contributed by atoms with van der Waals surface area (Å²) in [6.45, 7) is 2.95. The van der Waals surface area contributed by atoms with Gasteiger partial charge in [0, 0.05) is 13.1 Å². The number of carbonyl (C=O) groups is 2. The molecule has 0 saturated carbocycles. The second-order valence-electron chi connectivity index (χ2n) is 3.59. The number of rotatable bonds is 2. The highest BCUT2D eigenvalue weighted by atomic mass is 32.1. The molecule has 1 aliphatic rings. The Kier molecular flexibility index (Phi) is 4.02. The van der Waals surface area contributed by atoms with Crippen LogP contribution in [0.25, 0.3) is 0 Å². The zero-order valence-electron chi connectivity index (χ0n) is 8.66. The maximum absolute atomic E-state index is 11.8. The van der Waals surface area contributed by atoms with Gasteiger partial charge >= 0.3 is 0 Å². The van der Waals surface area contributed by atoms with Crippen molar-refractivity contribution in [2.24, 2.45) is 11.7 Å². The van der Waals surface area contributed by atoms with E-state index in [0.29, 0.717) is 13.1 Å². The first-order valence-corrected chi connectivity index (χ1v) is 5.28. The number of amides is 2. The lowest BCUT2D eigenvalue weighted by molar-refractivity contribution is -0.136. The average molecular weight is 229 g/mol. The monoisotopic (exact) mass is 229 g/mol. The minimum atomic E-state index is -0.495. The maximum atomic E-state index is 11.8. The van der Waals surface area contributed by atoms with E-state index in [1.54, 1.807) is 6.92 Å². The van der Waals surface area contributed by atoms with Crippen LogP contribution in [-0.4, -0.2) is 41.3 Å². The van der Waals surface area contributed by atoms with Gasteiger partial charge in [-0.25, -0.2) is 0 Å². The van der Waals surface area contributed by atoms with Crippen molar-refractivity contribution in [3.8, 4) is 0 Å². The molecule has 0 aromatic heterocycles. The highest BCUT2D eigenvalue weighted by Gasteiger charge is 2.25. The summed E-state index contributed by atoms with van der Waals surface area (Å²) in [5.41, 5.74) is 5.40. The Morgan fingerprint density at radius 1 is 1.67 bits per heavy atom. The van der Waals surface area contributed by atoms with E-state index in [-0.39, 0.29) is 23.3 Å². The van der Waals surface area contributed by atoms with Crippen molar-refractivity contribution in [3.05, 3.63) is 0 Å². The number of hydrogen-bond acceptors (Lipinski definition) is 3. The van der Waals surface area contributed by atoms with Crippen LogP contribution >= 0.6 is 12.2 Å². The Morgan fingerprint density at radius 3 is 2.93 bits per heavy atom. The summed E-state index contributed by atoms with van der Waals surface area (Å²) in [5, 5.41) is 2.70. The number of thiocarbonyl (C=S) groups is 1. The van der Waals surface area contributed by atoms with Gasteiger partial charge in [0.25, 0.3) is 0 Å². The molecule has 0 aromatic carbocycles. The Morgan fingerprint density at radius 2 is 2.33 bits per heavy atom. The summed E-state index contributed by atoms with van der Waals surface area (Å²) in [5.74, 6) is -0.790. The minimum Gasteiger partial charge on any atom is -0.393 e. The smallest absolute Gasteiger partial charge is 0.239 e. The van der Waals surface area contributed by atoms with E-state index >= 15 is 0 Å². The molecule has 3 N–H and O–H groups in total. The number of carbonyl (C=O) groups excluding carboxylic acids is 2. The Labute approximate surface area is 94.0 Å². The molecule has 5 nitrogen and oxygen atoms in total. The first-order valence-electron chi connectivity index (χ1n) is 4.87. The number of hydrogen-bond donors (Lipinski definition) is 2. The van der Waals surface area contributed by atoms with Gasteiger partial charge in [0.1, 0.15) is 0 Å². The molecule has 0 radical (unpaired) electrons. The highest BCUT2D eigenvalue weighted by Crippen LogP contribution is 2.05. The summed E-state index contributed by atoms with van der Waals surface area (Å²) in [6, 6.07) is 0. The Bertz CT molecular complexity index is 293. The van der Waals surface area contributed by atoms with Gasteiger partial charge in [-0.15, -0.1) is 0 Å². The maximum Gasteiger partial charge on any atom is 0.239 e. The summed E-state index contributed by atoms with van der Waals surface area (Å²) >= 11 is 4.76. The molecule has 0 aliphatic carbocycles. The van der Waals surface area contributed by atoms with Crippen molar-refractivity contribution in [2.45, 2.75) is 13.3 Å². The molecule has 2 amide bonds. The van der Waals surface area contributed by atoms with Crippen molar-refractivity contribution in [1.29, 1.82) is 0 Å². The molecule has 0 spiro atoms. The van der Waals surface area contributed by atoms with Gasteiger partial charge in [-0.2, -0.15) is 0 Å². The van der Waals surface area contributed by atoms with Crippen LogP contribution in [0.4, 0.5) is 0 Å². The molecule has 0 bridgehead atoms.